The fourth-order valence-corrected chi connectivity index (χ4v) is 2.17. The number of methoxy groups -OCH3 is 1. The molecule has 2 N–H and O–H groups in total. The highest BCUT2D eigenvalue weighted by molar-refractivity contribution is 5.19. The largest absolute Gasteiger partial charge is 0.380 e. The molecule has 2 heterocycles. The summed E-state index contributed by atoms with van der Waals surface area (Å²) in [5.41, 5.74) is 7.91. The Kier molecular flexibility index (Phi) is 3.88. The molecule has 1 saturated heterocycles. The summed E-state index contributed by atoms with van der Waals surface area (Å²) in [4.78, 5) is 6.69. The first-order valence-corrected chi connectivity index (χ1v) is 5.71. The maximum Gasteiger partial charge on any atom is 0.0710 e. The molecule has 16 heavy (non-hydrogen) atoms. The molecule has 1 aromatic rings. The Balaban J connectivity index is 1.99. The normalized spacial score (nSPS) is 21.5. The lowest BCUT2D eigenvalue weighted by Gasteiger charge is -2.17. The van der Waals surface area contributed by atoms with Gasteiger partial charge in [-0.05, 0) is 18.1 Å². The van der Waals surface area contributed by atoms with Crippen molar-refractivity contribution in [2.24, 2.45) is 5.73 Å². The van der Waals surface area contributed by atoms with Crippen molar-refractivity contribution in [1.82, 2.24) is 9.88 Å². The van der Waals surface area contributed by atoms with E-state index in [9.17, 15) is 0 Å². The SMILES string of the molecule is COC1CCN(Cc2cccnc2CN)C1. The molecule has 0 bridgehead atoms. The van der Waals surface area contributed by atoms with Crippen molar-refractivity contribution in [1.29, 1.82) is 0 Å². The molecule has 0 amide bonds. The molecule has 0 saturated carbocycles. The molecule has 1 aliphatic heterocycles. The number of aromatic nitrogens is 1. The van der Waals surface area contributed by atoms with Gasteiger partial charge in [0.1, 0.15) is 0 Å². The third-order valence-corrected chi connectivity index (χ3v) is 3.13. The van der Waals surface area contributed by atoms with E-state index in [0.29, 0.717) is 12.6 Å². The summed E-state index contributed by atoms with van der Waals surface area (Å²) in [6, 6.07) is 4.08. The topological polar surface area (TPSA) is 51.4 Å². The minimum atomic E-state index is 0.387. The van der Waals surface area contributed by atoms with Crippen LogP contribution >= 0.6 is 0 Å². The van der Waals surface area contributed by atoms with Crippen molar-refractivity contribution in [3.63, 3.8) is 0 Å². The smallest absolute Gasteiger partial charge is 0.0710 e. The zero-order valence-corrected chi connectivity index (χ0v) is 9.72. The van der Waals surface area contributed by atoms with Gasteiger partial charge in [0, 0.05) is 39.5 Å². The first-order valence-electron chi connectivity index (χ1n) is 5.71. The number of likely N-dealkylation sites (tertiary alicyclic amines) is 1. The Morgan fingerprint density at radius 2 is 2.50 bits per heavy atom. The van der Waals surface area contributed by atoms with Crippen LogP contribution in [-0.4, -0.2) is 36.2 Å². The monoisotopic (exact) mass is 221 g/mol. The van der Waals surface area contributed by atoms with Gasteiger partial charge in [-0.15, -0.1) is 0 Å². The number of pyridine rings is 1. The number of nitrogens with zero attached hydrogens (tertiary/aromatic N) is 2. The highest BCUT2D eigenvalue weighted by Crippen LogP contribution is 2.16. The van der Waals surface area contributed by atoms with Gasteiger partial charge in [0.2, 0.25) is 0 Å². The van der Waals surface area contributed by atoms with Gasteiger partial charge in [-0.3, -0.25) is 9.88 Å². The molecule has 0 aromatic carbocycles. The van der Waals surface area contributed by atoms with E-state index < -0.39 is 0 Å². The van der Waals surface area contributed by atoms with Gasteiger partial charge in [-0.2, -0.15) is 0 Å². The Labute approximate surface area is 96.4 Å². The average molecular weight is 221 g/mol. The zero-order chi connectivity index (χ0) is 11.4. The van der Waals surface area contributed by atoms with Gasteiger partial charge in [-0.25, -0.2) is 0 Å². The van der Waals surface area contributed by atoms with E-state index in [2.05, 4.69) is 16.0 Å². The van der Waals surface area contributed by atoms with Crippen molar-refractivity contribution < 1.29 is 4.74 Å². The van der Waals surface area contributed by atoms with E-state index >= 15 is 0 Å². The standard InChI is InChI=1S/C12H19N3O/c1-16-11-4-6-15(9-11)8-10-3-2-5-14-12(10)7-13/h2-3,5,11H,4,6-9,13H2,1H3. The van der Waals surface area contributed by atoms with Gasteiger partial charge in [0.25, 0.3) is 0 Å². The van der Waals surface area contributed by atoms with E-state index in [1.165, 1.54) is 5.56 Å². The lowest BCUT2D eigenvalue weighted by atomic mass is 10.2. The number of hydrogen-bond donors (Lipinski definition) is 1. The predicted molar refractivity (Wildman–Crippen MR) is 62.8 cm³/mol. The van der Waals surface area contributed by atoms with E-state index in [1.807, 2.05) is 6.07 Å². The third-order valence-electron chi connectivity index (χ3n) is 3.13. The summed E-state index contributed by atoms with van der Waals surface area (Å²) in [5.74, 6) is 0. The van der Waals surface area contributed by atoms with Crippen LogP contribution in [0.4, 0.5) is 0 Å². The molecule has 4 heteroatoms. The Morgan fingerprint density at radius 1 is 1.62 bits per heavy atom. The lowest BCUT2D eigenvalue weighted by Crippen LogP contribution is -2.23. The third kappa shape index (κ3) is 2.58. The first-order chi connectivity index (χ1) is 7.83. The molecule has 2 rings (SSSR count). The molecule has 88 valence electrons. The maximum absolute atomic E-state index is 5.67. The van der Waals surface area contributed by atoms with Crippen LogP contribution in [0.5, 0.6) is 0 Å². The van der Waals surface area contributed by atoms with Crippen LogP contribution in [0.15, 0.2) is 18.3 Å². The maximum atomic E-state index is 5.67. The van der Waals surface area contributed by atoms with Gasteiger partial charge >= 0.3 is 0 Å². The number of rotatable bonds is 4. The van der Waals surface area contributed by atoms with Crippen LogP contribution in [0.2, 0.25) is 0 Å². The second-order valence-electron chi connectivity index (χ2n) is 4.19. The van der Waals surface area contributed by atoms with Crippen LogP contribution in [0.3, 0.4) is 0 Å². The van der Waals surface area contributed by atoms with Crippen molar-refractivity contribution >= 4 is 0 Å². The van der Waals surface area contributed by atoms with Crippen LogP contribution in [-0.2, 0) is 17.8 Å². The number of nitrogens with two attached hydrogens (primary N) is 1. The molecular formula is C12H19N3O. The number of ether oxygens (including phenoxy) is 1. The fourth-order valence-electron chi connectivity index (χ4n) is 2.17. The van der Waals surface area contributed by atoms with Crippen molar-refractivity contribution in [3.8, 4) is 0 Å². The molecule has 1 aliphatic rings. The molecule has 1 unspecified atom stereocenters. The van der Waals surface area contributed by atoms with Crippen LogP contribution in [0.25, 0.3) is 0 Å². The van der Waals surface area contributed by atoms with Crippen molar-refractivity contribution in [2.45, 2.75) is 25.6 Å². The molecular weight excluding hydrogens is 202 g/mol. The summed E-state index contributed by atoms with van der Waals surface area (Å²) in [6.45, 7) is 3.55. The van der Waals surface area contributed by atoms with Gasteiger partial charge in [0.05, 0.1) is 11.8 Å². The van der Waals surface area contributed by atoms with Crippen LogP contribution in [0, 0.1) is 0 Å². The molecule has 4 nitrogen and oxygen atoms in total. The minimum Gasteiger partial charge on any atom is -0.380 e. The molecule has 0 aliphatic carbocycles. The highest BCUT2D eigenvalue weighted by atomic mass is 16.5. The Bertz CT molecular complexity index is 343. The van der Waals surface area contributed by atoms with E-state index in [-0.39, 0.29) is 0 Å². The van der Waals surface area contributed by atoms with E-state index in [4.69, 9.17) is 10.5 Å². The molecule has 0 radical (unpaired) electrons. The van der Waals surface area contributed by atoms with Gasteiger partial charge in [-0.1, -0.05) is 6.07 Å². The fraction of sp³-hybridized carbons (Fsp3) is 0.583. The van der Waals surface area contributed by atoms with E-state index in [0.717, 1.165) is 31.7 Å². The zero-order valence-electron chi connectivity index (χ0n) is 9.72. The van der Waals surface area contributed by atoms with Crippen molar-refractivity contribution in [2.75, 3.05) is 20.2 Å². The summed E-state index contributed by atoms with van der Waals surface area (Å²) < 4.78 is 5.35. The second kappa shape index (κ2) is 5.39. The number of hydrogen-bond acceptors (Lipinski definition) is 4. The Hall–Kier alpha value is -0.970. The average Bonchev–Trinajstić information content (AvgIpc) is 2.77. The molecule has 1 atom stereocenters. The lowest BCUT2D eigenvalue weighted by molar-refractivity contribution is 0.107. The predicted octanol–water partition coefficient (Wildman–Crippen LogP) is 0.761. The molecule has 1 aromatic heterocycles. The second-order valence-corrected chi connectivity index (χ2v) is 4.19. The quantitative estimate of drug-likeness (QED) is 0.815. The summed E-state index contributed by atoms with van der Waals surface area (Å²) in [5, 5.41) is 0. The molecule has 1 fully saturated rings. The van der Waals surface area contributed by atoms with Gasteiger partial charge < -0.3 is 10.5 Å². The summed E-state index contributed by atoms with van der Waals surface area (Å²) >= 11 is 0. The van der Waals surface area contributed by atoms with Crippen LogP contribution in [0.1, 0.15) is 17.7 Å². The summed E-state index contributed by atoms with van der Waals surface area (Å²) in [6.07, 6.45) is 3.31. The first kappa shape index (κ1) is 11.5. The summed E-state index contributed by atoms with van der Waals surface area (Å²) in [7, 11) is 1.78. The minimum absolute atomic E-state index is 0.387. The van der Waals surface area contributed by atoms with Gasteiger partial charge in [0.15, 0.2) is 0 Å². The van der Waals surface area contributed by atoms with Crippen molar-refractivity contribution in [3.05, 3.63) is 29.6 Å². The van der Waals surface area contributed by atoms with E-state index in [1.54, 1.807) is 13.3 Å². The molecule has 0 spiro atoms. The van der Waals surface area contributed by atoms with Crippen LogP contribution < -0.4 is 5.73 Å². The highest BCUT2D eigenvalue weighted by Gasteiger charge is 2.22. The Morgan fingerprint density at radius 3 is 3.19 bits per heavy atom.